The van der Waals surface area contributed by atoms with Crippen molar-refractivity contribution in [3.63, 3.8) is 0 Å². The maximum absolute atomic E-state index is 12.2. The first-order valence-corrected chi connectivity index (χ1v) is 7.03. The number of halogens is 1. The fourth-order valence-corrected chi connectivity index (χ4v) is 2.87. The highest BCUT2D eigenvalue weighted by atomic mass is 79.9. The van der Waals surface area contributed by atoms with E-state index in [2.05, 4.69) is 21.2 Å². The molecule has 0 aliphatic carbocycles. The fourth-order valence-electron chi connectivity index (χ4n) is 2.27. The second-order valence-corrected chi connectivity index (χ2v) is 5.81. The van der Waals surface area contributed by atoms with Crippen molar-refractivity contribution < 1.29 is 9.53 Å². The van der Waals surface area contributed by atoms with Gasteiger partial charge in [0.2, 0.25) is 0 Å². The summed E-state index contributed by atoms with van der Waals surface area (Å²) >= 11 is 3.42. The molecule has 3 nitrogen and oxygen atoms in total. The molecule has 2 atom stereocenters. The van der Waals surface area contributed by atoms with E-state index in [0.717, 1.165) is 29.5 Å². The van der Waals surface area contributed by atoms with Crippen LogP contribution in [-0.2, 0) is 4.74 Å². The van der Waals surface area contributed by atoms with E-state index < -0.39 is 0 Å². The lowest BCUT2D eigenvalue weighted by atomic mass is 10.0. The second kappa shape index (κ2) is 5.85. The molecular weight excluding hydrogens is 294 g/mol. The highest BCUT2D eigenvalue weighted by molar-refractivity contribution is 9.10. The first-order chi connectivity index (χ1) is 8.54. The van der Waals surface area contributed by atoms with Gasteiger partial charge in [0.15, 0.2) is 0 Å². The quantitative estimate of drug-likeness (QED) is 0.911. The molecule has 1 amide bonds. The van der Waals surface area contributed by atoms with Crippen molar-refractivity contribution >= 4 is 21.8 Å². The number of aryl methyl sites for hydroxylation is 1. The summed E-state index contributed by atoms with van der Waals surface area (Å²) < 4.78 is 6.41. The smallest absolute Gasteiger partial charge is 0.251 e. The largest absolute Gasteiger partial charge is 0.378 e. The molecule has 0 saturated carbocycles. The first kappa shape index (κ1) is 13.6. The molecule has 98 valence electrons. The van der Waals surface area contributed by atoms with Crippen LogP contribution in [0.3, 0.4) is 0 Å². The van der Waals surface area contributed by atoms with E-state index in [9.17, 15) is 4.79 Å². The molecule has 1 fully saturated rings. The molecule has 1 aliphatic rings. The predicted octanol–water partition coefficient (Wildman–Crippen LogP) is 3.05. The van der Waals surface area contributed by atoms with Crippen LogP contribution in [0.2, 0.25) is 0 Å². The molecule has 1 aromatic rings. The maximum atomic E-state index is 12.2. The number of hydrogen-bond donors (Lipinski definition) is 1. The molecule has 1 aromatic carbocycles. The fraction of sp³-hybridized carbons (Fsp3) is 0.500. The average Bonchev–Trinajstić information content (AvgIpc) is 2.27. The van der Waals surface area contributed by atoms with Gasteiger partial charge >= 0.3 is 0 Å². The molecule has 1 heterocycles. The zero-order valence-corrected chi connectivity index (χ0v) is 12.3. The van der Waals surface area contributed by atoms with Crippen molar-refractivity contribution in [1.29, 1.82) is 0 Å². The third-order valence-corrected chi connectivity index (χ3v) is 3.58. The first-order valence-electron chi connectivity index (χ1n) is 6.24. The van der Waals surface area contributed by atoms with Crippen LogP contribution >= 0.6 is 15.9 Å². The zero-order chi connectivity index (χ0) is 13.1. The van der Waals surface area contributed by atoms with Crippen LogP contribution in [0.1, 0.15) is 35.7 Å². The van der Waals surface area contributed by atoms with Crippen LogP contribution in [0.15, 0.2) is 22.7 Å². The summed E-state index contributed by atoms with van der Waals surface area (Å²) in [6, 6.07) is 5.97. The minimum Gasteiger partial charge on any atom is -0.378 e. The van der Waals surface area contributed by atoms with Gasteiger partial charge in [0, 0.05) is 22.7 Å². The summed E-state index contributed by atoms with van der Waals surface area (Å²) in [6.07, 6.45) is 2.01. The van der Waals surface area contributed by atoms with E-state index in [1.165, 1.54) is 0 Å². The van der Waals surface area contributed by atoms with Gasteiger partial charge in [-0.1, -0.05) is 15.9 Å². The summed E-state index contributed by atoms with van der Waals surface area (Å²) in [7, 11) is 0. The van der Waals surface area contributed by atoms with E-state index in [4.69, 9.17) is 4.74 Å². The average molecular weight is 312 g/mol. The SMILES string of the molecule is Cc1cc(Br)cc(C(=O)NC2CCOC(C)C2)c1. The Morgan fingerprint density at radius 1 is 1.44 bits per heavy atom. The van der Waals surface area contributed by atoms with Crippen molar-refractivity contribution in [2.24, 2.45) is 0 Å². The van der Waals surface area contributed by atoms with Crippen LogP contribution in [0.25, 0.3) is 0 Å². The maximum Gasteiger partial charge on any atom is 0.251 e. The van der Waals surface area contributed by atoms with Crippen LogP contribution in [0, 0.1) is 6.92 Å². The molecule has 1 saturated heterocycles. The van der Waals surface area contributed by atoms with Gasteiger partial charge in [-0.05, 0) is 50.5 Å². The molecule has 0 spiro atoms. The number of hydrogen-bond acceptors (Lipinski definition) is 2. The summed E-state index contributed by atoms with van der Waals surface area (Å²) in [5, 5.41) is 3.08. The summed E-state index contributed by atoms with van der Waals surface area (Å²) in [6.45, 7) is 4.75. The lowest BCUT2D eigenvalue weighted by molar-refractivity contribution is 0.0136. The molecule has 1 N–H and O–H groups in total. The van der Waals surface area contributed by atoms with Crippen molar-refractivity contribution in [2.75, 3.05) is 6.61 Å². The minimum absolute atomic E-state index is 0.00139. The molecule has 0 radical (unpaired) electrons. The molecule has 0 bridgehead atoms. The molecule has 2 unspecified atom stereocenters. The Labute approximate surface area is 116 Å². The van der Waals surface area contributed by atoms with E-state index in [1.807, 2.05) is 32.0 Å². The van der Waals surface area contributed by atoms with Gasteiger partial charge < -0.3 is 10.1 Å². The van der Waals surface area contributed by atoms with Crippen LogP contribution in [-0.4, -0.2) is 24.7 Å². The lowest BCUT2D eigenvalue weighted by Crippen LogP contribution is -2.41. The Hall–Kier alpha value is -0.870. The zero-order valence-electron chi connectivity index (χ0n) is 10.7. The van der Waals surface area contributed by atoms with Crippen molar-refractivity contribution in [1.82, 2.24) is 5.32 Å². The number of nitrogens with one attached hydrogen (secondary N) is 1. The molecule has 1 aliphatic heterocycles. The van der Waals surface area contributed by atoms with Gasteiger partial charge in [-0.25, -0.2) is 0 Å². The second-order valence-electron chi connectivity index (χ2n) is 4.89. The lowest BCUT2D eigenvalue weighted by Gasteiger charge is -2.28. The van der Waals surface area contributed by atoms with Gasteiger partial charge in [0.05, 0.1) is 6.10 Å². The highest BCUT2D eigenvalue weighted by Crippen LogP contribution is 2.17. The normalized spacial score (nSPS) is 23.7. The van der Waals surface area contributed by atoms with Gasteiger partial charge in [-0.15, -0.1) is 0 Å². The summed E-state index contributed by atoms with van der Waals surface area (Å²) in [4.78, 5) is 12.2. The van der Waals surface area contributed by atoms with E-state index in [0.29, 0.717) is 5.56 Å². The van der Waals surface area contributed by atoms with Gasteiger partial charge in [-0.3, -0.25) is 4.79 Å². The number of carbonyl (C=O) groups excluding carboxylic acids is 1. The Bertz CT molecular complexity index is 427. The molecule has 2 rings (SSSR count). The standard InChI is InChI=1S/C14H18BrNO2/c1-9-5-11(8-12(15)6-9)14(17)16-13-3-4-18-10(2)7-13/h5-6,8,10,13H,3-4,7H2,1-2H3,(H,16,17). The summed E-state index contributed by atoms with van der Waals surface area (Å²) in [5.74, 6) is -0.00139. The molecule has 0 aromatic heterocycles. The third-order valence-electron chi connectivity index (χ3n) is 3.12. The van der Waals surface area contributed by atoms with Crippen molar-refractivity contribution in [2.45, 2.75) is 38.8 Å². The monoisotopic (exact) mass is 311 g/mol. The van der Waals surface area contributed by atoms with E-state index >= 15 is 0 Å². The van der Waals surface area contributed by atoms with Gasteiger partial charge in [0.25, 0.3) is 5.91 Å². The Balaban J connectivity index is 2.02. The molecular formula is C14H18BrNO2. The van der Waals surface area contributed by atoms with Crippen LogP contribution < -0.4 is 5.32 Å². The topological polar surface area (TPSA) is 38.3 Å². The van der Waals surface area contributed by atoms with Crippen molar-refractivity contribution in [3.8, 4) is 0 Å². The number of ether oxygens (including phenoxy) is 1. The predicted molar refractivity (Wildman–Crippen MR) is 74.8 cm³/mol. The van der Waals surface area contributed by atoms with E-state index in [-0.39, 0.29) is 18.1 Å². The Morgan fingerprint density at radius 2 is 2.22 bits per heavy atom. The third kappa shape index (κ3) is 3.56. The minimum atomic E-state index is -0.00139. The van der Waals surface area contributed by atoms with Gasteiger partial charge in [0.1, 0.15) is 0 Å². The number of benzene rings is 1. The molecule has 4 heteroatoms. The number of rotatable bonds is 2. The van der Waals surface area contributed by atoms with Gasteiger partial charge in [-0.2, -0.15) is 0 Å². The molecule has 18 heavy (non-hydrogen) atoms. The number of carbonyl (C=O) groups is 1. The van der Waals surface area contributed by atoms with E-state index in [1.54, 1.807) is 0 Å². The Morgan fingerprint density at radius 3 is 2.89 bits per heavy atom. The van der Waals surface area contributed by atoms with Crippen LogP contribution in [0.5, 0.6) is 0 Å². The Kier molecular flexibility index (Phi) is 4.40. The highest BCUT2D eigenvalue weighted by Gasteiger charge is 2.21. The summed E-state index contributed by atoms with van der Waals surface area (Å²) in [5.41, 5.74) is 1.79. The van der Waals surface area contributed by atoms with Crippen LogP contribution in [0.4, 0.5) is 0 Å². The number of amides is 1. The van der Waals surface area contributed by atoms with Crippen molar-refractivity contribution in [3.05, 3.63) is 33.8 Å².